The van der Waals surface area contributed by atoms with Crippen molar-refractivity contribution in [2.24, 2.45) is 0 Å². The highest BCUT2D eigenvalue weighted by atomic mass is 16.5. The molecule has 0 aromatic heterocycles. The normalized spacial score (nSPS) is 13.2. The molecule has 1 unspecified atom stereocenters. The number of unbranched alkanes of at least 4 members (excludes halogenated alkanes) is 1. The fourth-order valence-corrected chi connectivity index (χ4v) is 1.15. The second-order valence-corrected chi connectivity index (χ2v) is 3.44. The molecule has 0 aromatic carbocycles. The van der Waals surface area contributed by atoms with Gasteiger partial charge >= 0.3 is 0 Å². The summed E-state index contributed by atoms with van der Waals surface area (Å²) in [5, 5.41) is 0. The zero-order valence-electron chi connectivity index (χ0n) is 9.34. The van der Waals surface area contributed by atoms with Crippen LogP contribution in [0.4, 0.5) is 0 Å². The summed E-state index contributed by atoms with van der Waals surface area (Å²) in [6.45, 7) is 8.83. The number of hydrogen-bond donors (Lipinski definition) is 0. The number of hydrogen-bond acceptors (Lipinski definition) is 2. The van der Waals surface area contributed by atoms with Gasteiger partial charge in [-0.3, -0.25) is 0 Å². The molecule has 0 heterocycles. The van der Waals surface area contributed by atoms with E-state index in [0.29, 0.717) is 6.10 Å². The lowest BCUT2D eigenvalue weighted by atomic mass is 10.2. The van der Waals surface area contributed by atoms with Gasteiger partial charge in [-0.1, -0.05) is 26.7 Å². The summed E-state index contributed by atoms with van der Waals surface area (Å²) in [5.74, 6) is 0. The number of rotatable bonds is 9. The molecule has 0 spiro atoms. The van der Waals surface area contributed by atoms with Crippen molar-refractivity contribution in [3.63, 3.8) is 0 Å². The van der Waals surface area contributed by atoms with Crippen molar-refractivity contribution in [3.05, 3.63) is 0 Å². The molecule has 0 aliphatic carbocycles. The maximum absolute atomic E-state index is 5.54. The third kappa shape index (κ3) is 9.84. The van der Waals surface area contributed by atoms with E-state index in [0.717, 1.165) is 32.7 Å². The predicted octanol–water partition coefficient (Wildman–Crippen LogP) is 3.01. The highest BCUT2D eigenvalue weighted by molar-refractivity contribution is 4.47. The standard InChI is InChI=1S/C11H24O2/c1-4-6-8-12-9-10-13-11(3)7-5-2/h11H,4-10H2,1-3H3. The molecule has 0 aromatic rings. The van der Waals surface area contributed by atoms with E-state index in [2.05, 4.69) is 20.8 Å². The second kappa shape index (κ2) is 10.0. The quantitative estimate of drug-likeness (QED) is 0.518. The van der Waals surface area contributed by atoms with E-state index in [1.54, 1.807) is 0 Å². The lowest BCUT2D eigenvalue weighted by molar-refractivity contribution is 0.00847. The van der Waals surface area contributed by atoms with Gasteiger partial charge in [-0.25, -0.2) is 0 Å². The average Bonchev–Trinajstić information content (AvgIpc) is 2.11. The van der Waals surface area contributed by atoms with Gasteiger partial charge in [0.1, 0.15) is 0 Å². The highest BCUT2D eigenvalue weighted by Gasteiger charge is 1.98. The van der Waals surface area contributed by atoms with Gasteiger partial charge in [0.25, 0.3) is 0 Å². The Kier molecular flexibility index (Phi) is 9.94. The minimum atomic E-state index is 0.389. The van der Waals surface area contributed by atoms with E-state index >= 15 is 0 Å². The van der Waals surface area contributed by atoms with Crippen molar-refractivity contribution in [2.75, 3.05) is 19.8 Å². The first-order valence-electron chi connectivity index (χ1n) is 5.50. The average molecular weight is 188 g/mol. The minimum absolute atomic E-state index is 0.389. The Bertz CT molecular complexity index is 94.1. The van der Waals surface area contributed by atoms with Crippen LogP contribution < -0.4 is 0 Å². The molecule has 2 heteroatoms. The molecule has 0 saturated heterocycles. The van der Waals surface area contributed by atoms with Crippen LogP contribution in [-0.2, 0) is 9.47 Å². The highest BCUT2D eigenvalue weighted by Crippen LogP contribution is 2.00. The molecule has 0 aliphatic heterocycles. The number of ether oxygens (including phenoxy) is 2. The molecular formula is C11H24O2. The smallest absolute Gasteiger partial charge is 0.0704 e. The SMILES string of the molecule is CCCCOCCOC(C)CCC. The van der Waals surface area contributed by atoms with Crippen LogP contribution >= 0.6 is 0 Å². The molecule has 0 fully saturated rings. The molecule has 0 N–H and O–H groups in total. The first-order valence-corrected chi connectivity index (χ1v) is 5.50. The Hall–Kier alpha value is -0.0800. The van der Waals surface area contributed by atoms with Gasteiger partial charge < -0.3 is 9.47 Å². The monoisotopic (exact) mass is 188 g/mol. The van der Waals surface area contributed by atoms with Gasteiger partial charge in [-0.05, 0) is 19.8 Å². The second-order valence-electron chi connectivity index (χ2n) is 3.44. The topological polar surface area (TPSA) is 18.5 Å². The molecule has 0 saturated carbocycles. The third-order valence-corrected chi connectivity index (χ3v) is 1.97. The summed E-state index contributed by atoms with van der Waals surface area (Å²) in [7, 11) is 0. The van der Waals surface area contributed by atoms with Gasteiger partial charge in [0, 0.05) is 6.61 Å². The summed E-state index contributed by atoms with van der Waals surface area (Å²) >= 11 is 0. The van der Waals surface area contributed by atoms with Gasteiger partial charge in [0.05, 0.1) is 19.3 Å². The van der Waals surface area contributed by atoms with Crippen LogP contribution in [0.1, 0.15) is 46.5 Å². The Balaban J connectivity index is 2.97. The third-order valence-electron chi connectivity index (χ3n) is 1.97. The van der Waals surface area contributed by atoms with Crippen LogP contribution in [0.15, 0.2) is 0 Å². The Morgan fingerprint density at radius 2 is 1.77 bits per heavy atom. The Morgan fingerprint density at radius 1 is 1.00 bits per heavy atom. The molecule has 13 heavy (non-hydrogen) atoms. The van der Waals surface area contributed by atoms with Crippen molar-refractivity contribution >= 4 is 0 Å². The van der Waals surface area contributed by atoms with Gasteiger partial charge in [0.15, 0.2) is 0 Å². The van der Waals surface area contributed by atoms with Crippen LogP contribution in [0.3, 0.4) is 0 Å². The molecule has 2 nitrogen and oxygen atoms in total. The molecule has 0 aliphatic rings. The van der Waals surface area contributed by atoms with Crippen molar-refractivity contribution in [1.82, 2.24) is 0 Å². The predicted molar refractivity (Wildman–Crippen MR) is 56.0 cm³/mol. The minimum Gasteiger partial charge on any atom is -0.379 e. The fourth-order valence-electron chi connectivity index (χ4n) is 1.15. The zero-order valence-corrected chi connectivity index (χ0v) is 9.34. The Labute approximate surface area is 82.6 Å². The van der Waals surface area contributed by atoms with E-state index in [9.17, 15) is 0 Å². The molecule has 0 amide bonds. The summed E-state index contributed by atoms with van der Waals surface area (Å²) in [6.07, 6.45) is 5.09. The maximum Gasteiger partial charge on any atom is 0.0704 e. The molecule has 1 atom stereocenters. The summed E-state index contributed by atoms with van der Waals surface area (Å²) in [6, 6.07) is 0. The summed E-state index contributed by atoms with van der Waals surface area (Å²) < 4.78 is 10.9. The van der Waals surface area contributed by atoms with Crippen LogP contribution in [0.25, 0.3) is 0 Å². The van der Waals surface area contributed by atoms with Crippen LogP contribution in [0, 0.1) is 0 Å². The molecule has 0 bridgehead atoms. The lowest BCUT2D eigenvalue weighted by Gasteiger charge is -2.11. The van der Waals surface area contributed by atoms with E-state index in [1.165, 1.54) is 12.8 Å². The van der Waals surface area contributed by atoms with Gasteiger partial charge in [0.2, 0.25) is 0 Å². The first kappa shape index (κ1) is 12.9. The zero-order chi connectivity index (χ0) is 9.94. The lowest BCUT2D eigenvalue weighted by Crippen LogP contribution is -2.12. The summed E-state index contributed by atoms with van der Waals surface area (Å²) in [5.41, 5.74) is 0. The van der Waals surface area contributed by atoms with Crippen LogP contribution in [-0.4, -0.2) is 25.9 Å². The summed E-state index contributed by atoms with van der Waals surface area (Å²) in [4.78, 5) is 0. The largest absolute Gasteiger partial charge is 0.379 e. The fraction of sp³-hybridized carbons (Fsp3) is 1.00. The molecule has 80 valence electrons. The first-order chi connectivity index (χ1) is 6.31. The van der Waals surface area contributed by atoms with Crippen molar-refractivity contribution < 1.29 is 9.47 Å². The van der Waals surface area contributed by atoms with E-state index < -0.39 is 0 Å². The molecular weight excluding hydrogens is 164 g/mol. The van der Waals surface area contributed by atoms with Gasteiger partial charge in [-0.2, -0.15) is 0 Å². The maximum atomic E-state index is 5.54. The Morgan fingerprint density at radius 3 is 2.38 bits per heavy atom. The molecule has 0 rings (SSSR count). The van der Waals surface area contributed by atoms with E-state index in [4.69, 9.17) is 9.47 Å². The van der Waals surface area contributed by atoms with Crippen molar-refractivity contribution in [2.45, 2.75) is 52.6 Å². The van der Waals surface area contributed by atoms with E-state index in [-0.39, 0.29) is 0 Å². The van der Waals surface area contributed by atoms with Crippen LogP contribution in [0.5, 0.6) is 0 Å². The molecule has 0 radical (unpaired) electrons. The van der Waals surface area contributed by atoms with Crippen molar-refractivity contribution in [1.29, 1.82) is 0 Å². The van der Waals surface area contributed by atoms with Gasteiger partial charge in [-0.15, -0.1) is 0 Å². The van der Waals surface area contributed by atoms with Crippen molar-refractivity contribution in [3.8, 4) is 0 Å². The van der Waals surface area contributed by atoms with Crippen LogP contribution in [0.2, 0.25) is 0 Å². The van der Waals surface area contributed by atoms with E-state index in [1.807, 2.05) is 0 Å².